The van der Waals surface area contributed by atoms with Crippen molar-refractivity contribution in [2.75, 3.05) is 39.3 Å². The number of rotatable bonds is 6. The molecule has 2 fully saturated rings. The molecule has 2 aromatic rings. The fourth-order valence-corrected chi connectivity index (χ4v) is 4.13. The van der Waals surface area contributed by atoms with Gasteiger partial charge in [0.15, 0.2) is 5.78 Å². The summed E-state index contributed by atoms with van der Waals surface area (Å²) in [5.74, 6) is 0.173. The first-order chi connectivity index (χ1) is 13.7. The van der Waals surface area contributed by atoms with E-state index in [0.717, 1.165) is 38.0 Å². The monoisotopic (exact) mass is 377 g/mol. The first-order valence-corrected chi connectivity index (χ1v) is 10.1. The highest BCUT2D eigenvalue weighted by Gasteiger charge is 2.30. The van der Waals surface area contributed by atoms with Gasteiger partial charge in [-0.15, -0.1) is 0 Å². The number of ketones is 1. The minimum atomic E-state index is -0.176. The quantitative estimate of drug-likeness (QED) is 0.785. The molecule has 0 bridgehead atoms. The normalized spacial score (nSPS) is 19.9. The summed E-state index contributed by atoms with van der Waals surface area (Å²) >= 11 is 0. The van der Waals surface area contributed by atoms with Gasteiger partial charge >= 0.3 is 0 Å². The van der Waals surface area contributed by atoms with Crippen LogP contribution in [0.2, 0.25) is 0 Å². The molecule has 1 amide bonds. The van der Waals surface area contributed by atoms with Gasteiger partial charge in [0.1, 0.15) is 0 Å². The van der Waals surface area contributed by atoms with Crippen molar-refractivity contribution in [3.63, 3.8) is 0 Å². The number of nitrogens with zero attached hydrogens (tertiary/aromatic N) is 2. The van der Waals surface area contributed by atoms with Crippen LogP contribution < -0.4 is 5.32 Å². The Bertz CT molecular complexity index is 886. The number of hydrogen-bond donors (Lipinski definition) is 1. The molecule has 1 unspecified atom stereocenters. The van der Waals surface area contributed by atoms with E-state index in [4.69, 9.17) is 0 Å². The van der Waals surface area contributed by atoms with Gasteiger partial charge < -0.3 is 5.32 Å². The number of hydrogen-bond acceptors (Lipinski definition) is 4. The van der Waals surface area contributed by atoms with Crippen molar-refractivity contribution in [3.05, 3.63) is 54.1 Å². The summed E-state index contributed by atoms with van der Waals surface area (Å²) < 4.78 is 0. The van der Waals surface area contributed by atoms with Crippen LogP contribution in [0.3, 0.4) is 0 Å². The van der Waals surface area contributed by atoms with Crippen LogP contribution in [0.15, 0.2) is 48.5 Å². The zero-order valence-corrected chi connectivity index (χ0v) is 16.1. The zero-order chi connectivity index (χ0) is 19.3. The van der Waals surface area contributed by atoms with E-state index < -0.39 is 0 Å². The molecule has 2 heterocycles. The Balaban J connectivity index is 1.48. The molecular weight excluding hydrogens is 350 g/mol. The number of benzene rings is 2. The molecule has 4 rings (SSSR count). The topological polar surface area (TPSA) is 52.7 Å². The Labute approximate surface area is 166 Å². The van der Waals surface area contributed by atoms with Crippen molar-refractivity contribution in [2.24, 2.45) is 0 Å². The molecular formula is C23H27N3O2. The first kappa shape index (κ1) is 18.8. The van der Waals surface area contributed by atoms with Crippen LogP contribution in [0.4, 0.5) is 0 Å². The lowest BCUT2D eigenvalue weighted by atomic mass is 10.0. The van der Waals surface area contributed by atoms with Gasteiger partial charge in [0.05, 0.1) is 12.6 Å². The number of carbonyl (C=O) groups is 2. The Morgan fingerprint density at radius 1 is 1.07 bits per heavy atom. The highest BCUT2D eigenvalue weighted by atomic mass is 16.2. The Kier molecular flexibility index (Phi) is 5.84. The maximum atomic E-state index is 13.1. The number of amides is 1. The SMILES string of the molecule is O=C1CN(CC(C(=O)/C=C/c2ccc3ccccc3c2)N2CCCC2)CCN1. The summed E-state index contributed by atoms with van der Waals surface area (Å²) in [6.07, 6.45) is 5.91. The van der Waals surface area contributed by atoms with Crippen LogP contribution in [-0.4, -0.2) is 66.8 Å². The predicted octanol–water partition coefficient (Wildman–Crippen LogP) is 2.32. The number of piperazine rings is 1. The second-order valence-corrected chi connectivity index (χ2v) is 7.69. The van der Waals surface area contributed by atoms with E-state index in [9.17, 15) is 9.59 Å². The lowest BCUT2D eigenvalue weighted by Gasteiger charge is -2.33. The summed E-state index contributed by atoms with van der Waals surface area (Å²) in [7, 11) is 0. The molecule has 0 radical (unpaired) electrons. The molecule has 2 aromatic carbocycles. The highest BCUT2D eigenvalue weighted by Crippen LogP contribution is 2.18. The van der Waals surface area contributed by atoms with Gasteiger partial charge in [0.2, 0.25) is 5.91 Å². The summed E-state index contributed by atoms with van der Waals surface area (Å²) in [4.78, 5) is 29.1. The van der Waals surface area contributed by atoms with E-state index in [-0.39, 0.29) is 17.7 Å². The van der Waals surface area contributed by atoms with Crippen molar-refractivity contribution in [1.82, 2.24) is 15.1 Å². The van der Waals surface area contributed by atoms with Crippen LogP contribution in [0, 0.1) is 0 Å². The Hall–Kier alpha value is -2.50. The van der Waals surface area contributed by atoms with Gasteiger partial charge in [-0.1, -0.05) is 42.5 Å². The van der Waals surface area contributed by atoms with Crippen molar-refractivity contribution in [1.29, 1.82) is 0 Å². The van der Waals surface area contributed by atoms with Crippen LogP contribution in [0.5, 0.6) is 0 Å². The third kappa shape index (κ3) is 4.49. The summed E-state index contributed by atoms with van der Waals surface area (Å²) in [5, 5.41) is 5.22. The van der Waals surface area contributed by atoms with Crippen LogP contribution in [0.1, 0.15) is 18.4 Å². The predicted molar refractivity (Wildman–Crippen MR) is 112 cm³/mol. The fourth-order valence-electron chi connectivity index (χ4n) is 4.13. The average molecular weight is 377 g/mol. The van der Waals surface area contributed by atoms with Gasteiger partial charge in [0, 0.05) is 19.6 Å². The first-order valence-electron chi connectivity index (χ1n) is 10.1. The standard InChI is InChI=1S/C23H27N3O2/c27-22(10-8-18-7-9-19-5-1-2-6-20(19)15-18)21(26-12-3-4-13-26)16-25-14-11-24-23(28)17-25/h1-2,5-10,15,21H,3-4,11-14,16-17H2,(H,24,28)/b10-8+. The third-order valence-corrected chi connectivity index (χ3v) is 5.67. The minimum Gasteiger partial charge on any atom is -0.354 e. The smallest absolute Gasteiger partial charge is 0.234 e. The summed E-state index contributed by atoms with van der Waals surface area (Å²) in [5.41, 5.74) is 1.03. The molecule has 146 valence electrons. The van der Waals surface area contributed by atoms with Crippen molar-refractivity contribution in [3.8, 4) is 0 Å². The molecule has 0 spiro atoms. The van der Waals surface area contributed by atoms with Crippen molar-refractivity contribution in [2.45, 2.75) is 18.9 Å². The molecule has 28 heavy (non-hydrogen) atoms. The van der Waals surface area contributed by atoms with Gasteiger partial charge in [-0.25, -0.2) is 0 Å². The van der Waals surface area contributed by atoms with E-state index >= 15 is 0 Å². The molecule has 5 heteroatoms. The molecule has 2 aliphatic rings. The van der Waals surface area contributed by atoms with Crippen molar-refractivity contribution >= 4 is 28.5 Å². The molecule has 0 aliphatic carbocycles. The third-order valence-electron chi connectivity index (χ3n) is 5.67. The molecule has 2 aliphatic heterocycles. The van der Waals surface area contributed by atoms with Crippen LogP contribution in [-0.2, 0) is 9.59 Å². The lowest BCUT2D eigenvalue weighted by molar-refractivity contribution is -0.126. The number of nitrogens with one attached hydrogen (secondary N) is 1. The molecule has 1 N–H and O–H groups in total. The van der Waals surface area contributed by atoms with E-state index in [2.05, 4.69) is 39.4 Å². The van der Waals surface area contributed by atoms with E-state index in [1.807, 2.05) is 24.3 Å². The molecule has 0 aromatic heterocycles. The maximum absolute atomic E-state index is 13.1. The van der Waals surface area contributed by atoms with E-state index in [0.29, 0.717) is 19.6 Å². The Morgan fingerprint density at radius 3 is 2.64 bits per heavy atom. The molecule has 0 saturated carbocycles. The number of likely N-dealkylation sites (tertiary alicyclic amines) is 1. The maximum Gasteiger partial charge on any atom is 0.234 e. The van der Waals surface area contributed by atoms with Gasteiger partial charge in [-0.2, -0.15) is 0 Å². The van der Waals surface area contributed by atoms with E-state index in [1.54, 1.807) is 6.08 Å². The largest absolute Gasteiger partial charge is 0.354 e. The van der Waals surface area contributed by atoms with Gasteiger partial charge in [0.25, 0.3) is 0 Å². The second kappa shape index (κ2) is 8.67. The summed E-state index contributed by atoms with van der Waals surface area (Å²) in [6, 6.07) is 14.3. The fraction of sp³-hybridized carbons (Fsp3) is 0.391. The zero-order valence-electron chi connectivity index (χ0n) is 16.1. The van der Waals surface area contributed by atoms with Crippen LogP contribution in [0.25, 0.3) is 16.8 Å². The molecule has 1 atom stereocenters. The van der Waals surface area contributed by atoms with Crippen LogP contribution >= 0.6 is 0 Å². The lowest BCUT2D eigenvalue weighted by Crippen LogP contribution is -2.54. The average Bonchev–Trinajstić information content (AvgIpc) is 3.24. The minimum absolute atomic E-state index is 0.0468. The second-order valence-electron chi connectivity index (χ2n) is 7.69. The Morgan fingerprint density at radius 2 is 1.86 bits per heavy atom. The molecule has 2 saturated heterocycles. The van der Waals surface area contributed by atoms with E-state index in [1.165, 1.54) is 10.8 Å². The highest BCUT2D eigenvalue weighted by molar-refractivity contribution is 5.98. The van der Waals surface area contributed by atoms with Gasteiger partial charge in [-0.3, -0.25) is 19.4 Å². The van der Waals surface area contributed by atoms with Gasteiger partial charge in [-0.05, 0) is 54.4 Å². The number of carbonyl (C=O) groups excluding carboxylic acids is 2. The number of fused-ring (bicyclic) bond motifs is 1. The molecule has 5 nitrogen and oxygen atoms in total. The van der Waals surface area contributed by atoms with Crippen molar-refractivity contribution < 1.29 is 9.59 Å². The summed E-state index contributed by atoms with van der Waals surface area (Å²) in [6.45, 7) is 4.38.